The van der Waals surface area contributed by atoms with Gasteiger partial charge in [0.25, 0.3) is 0 Å². The molecule has 5 atom stereocenters. The lowest BCUT2D eigenvalue weighted by Crippen LogP contribution is -2.60. The zero-order valence-corrected chi connectivity index (χ0v) is 20.1. The maximum Gasteiger partial charge on any atom is 0.326 e. The van der Waals surface area contributed by atoms with Gasteiger partial charge in [-0.15, -0.1) is 0 Å². The molecule has 0 aromatic carbocycles. The predicted octanol–water partition coefficient (Wildman–Crippen LogP) is -4.27. The summed E-state index contributed by atoms with van der Waals surface area (Å²) in [6.45, 7) is 1.28. The van der Waals surface area contributed by atoms with Crippen LogP contribution in [-0.4, -0.2) is 97.7 Å². The molecule has 0 saturated heterocycles. The average Bonchev–Trinajstić information content (AvgIpc) is 3.30. The standard InChI is InChI=1S/C20H33N9O8/c1-9(30)15(29-16(33)11(21)5-10-7-24-8-26-10)18(35)28-13(6-14(31)32)17(34)27-12(19(36)37)3-2-4-25-20(22)23/h7-9,11-13,15,30H,2-6,21H2,1H3,(H,24,26)(H,27,34)(H,28,35)(H,29,33)(H,31,32)(H,36,37)(H4,22,23,25). The van der Waals surface area contributed by atoms with Crippen molar-refractivity contribution >= 4 is 35.6 Å². The molecule has 0 spiro atoms. The van der Waals surface area contributed by atoms with Gasteiger partial charge in [-0.1, -0.05) is 0 Å². The van der Waals surface area contributed by atoms with Gasteiger partial charge in [-0.2, -0.15) is 0 Å². The quantitative estimate of drug-likeness (QED) is 0.0555. The molecule has 0 fully saturated rings. The summed E-state index contributed by atoms with van der Waals surface area (Å²) in [6, 6.07) is -5.87. The first kappa shape index (κ1) is 30.8. The molecule has 1 rings (SSSR count). The van der Waals surface area contributed by atoms with Crippen LogP contribution >= 0.6 is 0 Å². The molecule has 0 aliphatic carbocycles. The number of imidazole rings is 1. The lowest BCUT2D eigenvalue weighted by molar-refractivity contribution is -0.144. The Bertz CT molecular complexity index is 963. The van der Waals surface area contributed by atoms with Crippen LogP contribution in [0.25, 0.3) is 0 Å². The highest BCUT2D eigenvalue weighted by Crippen LogP contribution is 2.04. The van der Waals surface area contributed by atoms with Crippen LogP contribution < -0.4 is 33.2 Å². The van der Waals surface area contributed by atoms with Crippen LogP contribution in [0.3, 0.4) is 0 Å². The molecule has 1 aromatic rings. The molecule has 206 valence electrons. The van der Waals surface area contributed by atoms with Crippen molar-refractivity contribution < 1.29 is 39.3 Å². The smallest absolute Gasteiger partial charge is 0.326 e. The van der Waals surface area contributed by atoms with E-state index in [-0.39, 0.29) is 31.8 Å². The van der Waals surface area contributed by atoms with E-state index in [2.05, 4.69) is 30.9 Å². The maximum atomic E-state index is 12.8. The Morgan fingerprint density at radius 2 is 1.70 bits per heavy atom. The van der Waals surface area contributed by atoms with Crippen molar-refractivity contribution in [1.82, 2.24) is 25.9 Å². The number of aliphatic carboxylic acids is 2. The number of nitrogens with two attached hydrogens (primary N) is 3. The molecule has 17 nitrogen and oxygen atoms in total. The van der Waals surface area contributed by atoms with E-state index in [9.17, 15) is 39.3 Å². The number of aliphatic imine (C=N–C) groups is 1. The third-order valence-electron chi connectivity index (χ3n) is 4.97. The summed E-state index contributed by atoms with van der Waals surface area (Å²) in [6.07, 6.45) is 0.609. The fourth-order valence-corrected chi connectivity index (χ4v) is 3.07. The molecule has 0 saturated carbocycles. The number of aromatic amines is 1. The fourth-order valence-electron chi connectivity index (χ4n) is 3.07. The normalized spacial score (nSPS) is 14.8. The number of H-pyrrole nitrogens is 1. The van der Waals surface area contributed by atoms with Crippen molar-refractivity contribution in [2.24, 2.45) is 22.2 Å². The van der Waals surface area contributed by atoms with E-state index in [0.717, 1.165) is 0 Å². The van der Waals surface area contributed by atoms with Crippen molar-refractivity contribution in [3.8, 4) is 0 Å². The van der Waals surface area contributed by atoms with Gasteiger partial charge in [0.05, 0.1) is 24.9 Å². The van der Waals surface area contributed by atoms with Gasteiger partial charge in [-0.3, -0.25) is 24.2 Å². The molecular weight excluding hydrogens is 494 g/mol. The number of hydrogen-bond donors (Lipinski definition) is 10. The number of hydrogen-bond acceptors (Lipinski definition) is 9. The summed E-state index contributed by atoms with van der Waals surface area (Å²) >= 11 is 0. The average molecular weight is 528 g/mol. The summed E-state index contributed by atoms with van der Waals surface area (Å²) < 4.78 is 0. The number of aliphatic hydroxyl groups is 1. The Morgan fingerprint density at radius 1 is 1.05 bits per heavy atom. The van der Waals surface area contributed by atoms with Gasteiger partial charge in [0.15, 0.2) is 5.96 Å². The van der Waals surface area contributed by atoms with Crippen LogP contribution in [0.5, 0.6) is 0 Å². The van der Waals surface area contributed by atoms with Gasteiger partial charge in [0.2, 0.25) is 17.7 Å². The van der Waals surface area contributed by atoms with Crippen molar-refractivity contribution in [3.63, 3.8) is 0 Å². The minimum Gasteiger partial charge on any atom is -0.481 e. The first-order valence-electron chi connectivity index (χ1n) is 11.1. The summed E-state index contributed by atoms with van der Waals surface area (Å²) in [7, 11) is 0. The Balaban J connectivity index is 2.88. The SMILES string of the molecule is CC(O)C(NC(=O)C(N)Cc1cnc[nH]1)C(=O)NC(CC(=O)O)C(=O)NC(CCCN=C(N)N)C(=O)O. The molecule has 0 bridgehead atoms. The van der Waals surface area contributed by atoms with Crippen LogP contribution in [0.15, 0.2) is 17.5 Å². The summed E-state index contributed by atoms with van der Waals surface area (Å²) in [5.74, 6) is -6.06. The van der Waals surface area contributed by atoms with Crippen LogP contribution in [0.2, 0.25) is 0 Å². The number of nitrogens with zero attached hydrogens (tertiary/aromatic N) is 2. The van der Waals surface area contributed by atoms with E-state index in [4.69, 9.17) is 17.2 Å². The first-order valence-corrected chi connectivity index (χ1v) is 11.1. The second-order valence-corrected chi connectivity index (χ2v) is 8.12. The number of aromatic nitrogens is 2. The largest absolute Gasteiger partial charge is 0.481 e. The van der Waals surface area contributed by atoms with Crippen LogP contribution in [0, 0.1) is 0 Å². The second-order valence-electron chi connectivity index (χ2n) is 8.12. The molecule has 37 heavy (non-hydrogen) atoms. The van der Waals surface area contributed by atoms with Crippen molar-refractivity contribution in [2.45, 2.75) is 62.9 Å². The highest BCUT2D eigenvalue weighted by atomic mass is 16.4. The molecule has 0 aliphatic rings. The van der Waals surface area contributed by atoms with E-state index in [1.54, 1.807) is 0 Å². The van der Waals surface area contributed by atoms with Crippen molar-refractivity contribution in [3.05, 3.63) is 18.2 Å². The van der Waals surface area contributed by atoms with Crippen molar-refractivity contribution in [1.29, 1.82) is 0 Å². The lowest BCUT2D eigenvalue weighted by atomic mass is 10.1. The van der Waals surface area contributed by atoms with E-state index < -0.39 is 66.4 Å². The summed E-state index contributed by atoms with van der Waals surface area (Å²) in [4.78, 5) is 71.0. The molecule has 0 aliphatic heterocycles. The minimum atomic E-state index is -1.72. The Labute approximate surface area is 211 Å². The lowest BCUT2D eigenvalue weighted by Gasteiger charge is -2.26. The molecule has 13 N–H and O–H groups in total. The van der Waals surface area contributed by atoms with Crippen LogP contribution in [0.1, 0.15) is 31.9 Å². The number of carboxylic acids is 2. The molecule has 5 unspecified atom stereocenters. The number of guanidine groups is 1. The maximum absolute atomic E-state index is 12.8. The summed E-state index contributed by atoms with van der Waals surface area (Å²) in [5, 5.41) is 35.1. The highest BCUT2D eigenvalue weighted by Gasteiger charge is 2.33. The molecule has 17 heteroatoms. The third-order valence-corrected chi connectivity index (χ3v) is 4.97. The third kappa shape index (κ3) is 11.4. The van der Waals surface area contributed by atoms with Gasteiger partial charge in [-0.05, 0) is 19.8 Å². The number of aliphatic hydroxyl groups excluding tert-OH is 1. The van der Waals surface area contributed by atoms with Crippen molar-refractivity contribution in [2.75, 3.05) is 6.54 Å². The number of carbonyl (C=O) groups is 5. The van der Waals surface area contributed by atoms with Gasteiger partial charge in [0.1, 0.15) is 18.1 Å². The zero-order valence-electron chi connectivity index (χ0n) is 20.1. The van der Waals surface area contributed by atoms with Crippen LogP contribution in [-0.2, 0) is 30.4 Å². The molecule has 1 heterocycles. The van der Waals surface area contributed by atoms with Gasteiger partial charge >= 0.3 is 11.9 Å². The Hall–Kier alpha value is -4.25. The number of amides is 3. The predicted molar refractivity (Wildman–Crippen MR) is 128 cm³/mol. The molecular formula is C20H33N9O8. The fraction of sp³-hybridized carbons (Fsp3) is 0.550. The summed E-state index contributed by atoms with van der Waals surface area (Å²) in [5.41, 5.74) is 16.8. The highest BCUT2D eigenvalue weighted by molar-refractivity contribution is 5.95. The zero-order chi connectivity index (χ0) is 28.1. The number of carboxylic acid groups (broad SMARTS) is 2. The monoisotopic (exact) mass is 527 g/mol. The Morgan fingerprint density at radius 3 is 2.22 bits per heavy atom. The van der Waals surface area contributed by atoms with E-state index in [1.807, 2.05) is 0 Å². The van der Waals surface area contributed by atoms with Gasteiger partial charge in [-0.25, -0.2) is 9.78 Å². The second kappa shape index (κ2) is 15.0. The minimum absolute atomic E-state index is 0.0454. The number of carbonyl (C=O) groups excluding carboxylic acids is 3. The van der Waals surface area contributed by atoms with Crippen LogP contribution in [0.4, 0.5) is 0 Å². The van der Waals surface area contributed by atoms with E-state index in [1.165, 1.54) is 19.4 Å². The number of nitrogens with one attached hydrogen (secondary N) is 4. The molecule has 1 aromatic heterocycles. The molecule has 0 radical (unpaired) electrons. The van der Waals surface area contributed by atoms with Gasteiger partial charge in [0, 0.05) is 24.9 Å². The molecule has 3 amide bonds. The first-order chi connectivity index (χ1) is 17.3. The number of rotatable bonds is 16. The van der Waals surface area contributed by atoms with E-state index >= 15 is 0 Å². The topological polar surface area (TPSA) is 301 Å². The van der Waals surface area contributed by atoms with E-state index in [0.29, 0.717) is 5.69 Å². The van der Waals surface area contributed by atoms with Gasteiger partial charge < -0.3 is 53.5 Å². The Kier molecular flexibility index (Phi) is 12.5.